The van der Waals surface area contributed by atoms with Crippen molar-refractivity contribution >= 4 is 46.0 Å². The smallest absolute Gasteiger partial charge is 0.657 e. The molecule has 0 amide bonds. The molecule has 8 bridgehead atoms. The summed E-state index contributed by atoms with van der Waals surface area (Å²) in [6.45, 7) is 17.1. The number of aliphatic imine (C=N–C) groups is 3. The molecule has 258 valence electrons. The number of aromatic nitrogens is 1. The van der Waals surface area contributed by atoms with Gasteiger partial charge in [0.05, 0.1) is 40.2 Å². The van der Waals surface area contributed by atoms with Crippen molar-refractivity contribution in [2.24, 2.45) is 15.0 Å². The van der Waals surface area contributed by atoms with Gasteiger partial charge in [-0.2, -0.15) is 0 Å². The largest absolute Gasteiger partial charge is 2.00 e. The van der Waals surface area contributed by atoms with Gasteiger partial charge in [-0.15, -0.1) is 11.4 Å². The summed E-state index contributed by atoms with van der Waals surface area (Å²) in [4.78, 5) is 23.5. The van der Waals surface area contributed by atoms with Crippen LogP contribution in [0.3, 0.4) is 0 Å². The Bertz CT molecular complexity index is 2470. The first-order chi connectivity index (χ1) is 24.3. The number of benzene rings is 2. The van der Waals surface area contributed by atoms with Crippen LogP contribution < -0.4 is 25.4 Å². The zero-order valence-electron chi connectivity index (χ0n) is 32.0. The van der Waals surface area contributed by atoms with E-state index < -0.39 is 0 Å². The molecule has 7 nitrogen and oxygen atoms in total. The minimum Gasteiger partial charge on any atom is -0.657 e. The molecule has 0 radical (unpaired) electrons. The molecule has 0 spiro atoms. The summed E-state index contributed by atoms with van der Waals surface area (Å²) in [5.74, 6) is -0.374. The third-order valence-corrected chi connectivity index (χ3v) is 10.9. The van der Waals surface area contributed by atoms with Crippen molar-refractivity contribution in [2.75, 3.05) is 26.1 Å². The molecule has 0 atom stereocenters. The maximum Gasteiger partial charge on any atom is 2.00 e. The van der Waals surface area contributed by atoms with E-state index >= 15 is 0 Å². The Morgan fingerprint density at radius 1 is 0.654 bits per heavy atom. The summed E-state index contributed by atoms with van der Waals surface area (Å²) in [6.07, 6.45) is 4.23. The third kappa shape index (κ3) is 5.93. The normalized spacial score (nSPS) is 16.9. The summed E-state index contributed by atoms with van der Waals surface area (Å²) >= 11 is 0. The van der Waals surface area contributed by atoms with Gasteiger partial charge in [0.2, 0.25) is 0 Å². The van der Waals surface area contributed by atoms with Crippen LogP contribution in [0.15, 0.2) is 120 Å². The average Bonchev–Trinajstić information content (AvgIpc) is 3.76. The summed E-state index contributed by atoms with van der Waals surface area (Å²) < 4.78 is 4.98. The van der Waals surface area contributed by atoms with Gasteiger partial charge in [0.15, 0.2) is 0 Å². The van der Waals surface area contributed by atoms with Crippen LogP contribution >= 0.6 is 0 Å². The molecule has 8 heteroatoms. The zero-order chi connectivity index (χ0) is 36.5. The van der Waals surface area contributed by atoms with E-state index in [1.54, 1.807) is 12.1 Å². The quantitative estimate of drug-likeness (QED) is 0.283. The number of hydrogen-bond donors (Lipinski definition) is 0. The van der Waals surface area contributed by atoms with E-state index in [4.69, 9.17) is 24.7 Å². The number of hydrogen-bond acceptors (Lipinski definition) is 6. The van der Waals surface area contributed by atoms with Gasteiger partial charge in [-0.3, -0.25) is 0 Å². The van der Waals surface area contributed by atoms with Gasteiger partial charge in [-0.1, -0.05) is 53.6 Å². The van der Waals surface area contributed by atoms with Crippen molar-refractivity contribution in [1.82, 2.24) is 4.98 Å². The fourth-order valence-electron chi connectivity index (χ4n) is 7.01. The van der Waals surface area contributed by atoms with Crippen molar-refractivity contribution in [3.63, 3.8) is 0 Å². The molecule has 0 fully saturated rings. The van der Waals surface area contributed by atoms with Crippen LogP contribution in [0.4, 0.5) is 5.69 Å². The van der Waals surface area contributed by atoms with Gasteiger partial charge in [0.1, 0.15) is 0 Å². The first-order valence-corrected chi connectivity index (χ1v) is 17.3. The van der Waals surface area contributed by atoms with E-state index in [0.717, 1.165) is 118 Å². The predicted molar refractivity (Wildman–Crippen MR) is 209 cm³/mol. The average molecular weight is 739 g/mol. The van der Waals surface area contributed by atoms with E-state index in [1.165, 1.54) is 7.11 Å². The molecule has 0 aliphatic carbocycles. The zero-order valence-corrected chi connectivity index (χ0v) is 35.0. The molecule has 0 saturated heterocycles. The second-order valence-corrected chi connectivity index (χ2v) is 13.9. The minimum atomic E-state index is -0.374. The summed E-state index contributed by atoms with van der Waals surface area (Å²) in [5.41, 5.74) is 20.0. The van der Waals surface area contributed by atoms with Crippen molar-refractivity contribution < 1.29 is 29.3 Å². The van der Waals surface area contributed by atoms with Gasteiger partial charge in [0, 0.05) is 25.4 Å². The molecular formula is C44H43N5O2Zn. The molecule has 1 aromatic heterocycles. The number of anilines is 1. The van der Waals surface area contributed by atoms with E-state index in [2.05, 4.69) is 111 Å². The Morgan fingerprint density at radius 2 is 1.23 bits per heavy atom. The SMILES string of the molecule is COC([O-])=c1ccc(=C2C3=NC(=CC4=NC(=C(c5ccc(N(C)C)cc5)C5=NC(=Cc6[n-]c2c(C)c6C)C(C)=C5C)C(C)=C4C)C(C)=C3C)cc1.[Zn+2]. The Kier molecular flexibility index (Phi) is 9.75. The number of allylic oxidation sites excluding steroid dienone is 8. The number of rotatable bonds is 3. The number of ether oxygens (including phenoxy) is 1. The van der Waals surface area contributed by atoms with E-state index in [0.29, 0.717) is 5.22 Å². The molecule has 0 N–H and O–H groups in total. The van der Waals surface area contributed by atoms with Gasteiger partial charge < -0.3 is 19.7 Å². The van der Waals surface area contributed by atoms with Crippen molar-refractivity contribution in [3.8, 4) is 0 Å². The predicted octanol–water partition coefficient (Wildman–Crippen LogP) is 6.62. The Balaban J connectivity index is 0.00000464. The standard InChI is InChI=1S/C44H44N5O2.Zn/c1-22-26(5)40-38(30-12-14-32(15-13-30)44(50)51-11)41-27(6)23(2)35(46-41)21-37-25(4)29(8)43(48-37)39(31-16-18-33(19-17-31)49(9)10)42-28(7)24(3)36(47-42)20-34(22)45-40;/h12-21H,1-11H3,(H-,45,46,47,48,50);/q-1;+2/p-1. The van der Waals surface area contributed by atoms with Crippen LogP contribution in [0, 0.1) is 13.8 Å². The number of methoxy groups -OCH3 is 1. The van der Waals surface area contributed by atoms with Gasteiger partial charge in [0.25, 0.3) is 0 Å². The minimum absolute atomic E-state index is 0. The molecular weight excluding hydrogens is 696 g/mol. The Hall–Kier alpha value is -5.07. The second kappa shape index (κ2) is 13.8. The fourth-order valence-corrected chi connectivity index (χ4v) is 7.01. The van der Waals surface area contributed by atoms with Gasteiger partial charge in [-0.05, 0) is 136 Å². The first kappa shape index (κ1) is 36.7. The van der Waals surface area contributed by atoms with Crippen LogP contribution in [-0.4, -0.2) is 38.3 Å². The van der Waals surface area contributed by atoms with Crippen LogP contribution in [0.25, 0.3) is 23.2 Å². The molecule has 4 aliphatic heterocycles. The summed E-state index contributed by atoms with van der Waals surface area (Å²) in [5, 5.41) is 13.7. The Labute approximate surface area is 319 Å². The summed E-state index contributed by atoms with van der Waals surface area (Å²) in [6, 6.07) is 16.2. The van der Waals surface area contributed by atoms with Crippen LogP contribution in [0.5, 0.6) is 0 Å². The van der Waals surface area contributed by atoms with Gasteiger partial charge >= 0.3 is 19.5 Å². The van der Waals surface area contributed by atoms with E-state index in [-0.39, 0.29) is 25.4 Å². The second-order valence-electron chi connectivity index (χ2n) is 13.9. The maximum absolute atomic E-state index is 12.3. The molecule has 52 heavy (non-hydrogen) atoms. The molecule has 0 saturated carbocycles. The number of nitrogens with zero attached hydrogens (tertiary/aromatic N) is 5. The van der Waals surface area contributed by atoms with Crippen molar-refractivity contribution in [2.45, 2.75) is 55.4 Å². The van der Waals surface area contributed by atoms with E-state index in [1.807, 2.05) is 12.1 Å². The Morgan fingerprint density at radius 3 is 1.81 bits per heavy atom. The first-order valence-electron chi connectivity index (χ1n) is 17.3. The molecule has 3 aromatic rings. The molecule has 2 aromatic carbocycles. The number of fused-ring (bicyclic) bond motifs is 5. The monoisotopic (exact) mass is 737 g/mol. The van der Waals surface area contributed by atoms with Crippen LogP contribution in [-0.2, 0) is 24.2 Å². The van der Waals surface area contributed by atoms with Crippen molar-refractivity contribution in [3.05, 3.63) is 144 Å². The topological polar surface area (TPSA) is 86.7 Å². The molecule has 5 heterocycles. The van der Waals surface area contributed by atoms with Crippen molar-refractivity contribution in [1.29, 1.82) is 0 Å². The molecule has 4 aliphatic rings. The third-order valence-electron chi connectivity index (χ3n) is 10.9. The van der Waals surface area contributed by atoms with E-state index in [9.17, 15) is 5.11 Å². The van der Waals surface area contributed by atoms with Crippen LogP contribution in [0.1, 0.15) is 69.6 Å². The molecule has 7 rings (SSSR count). The van der Waals surface area contributed by atoms with Crippen LogP contribution in [0.2, 0.25) is 0 Å². The fraction of sp³-hybridized carbons (Fsp3) is 0.250. The summed E-state index contributed by atoms with van der Waals surface area (Å²) in [7, 11) is 5.50. The maximum atomic E-state index is 12.3. The van der Waals surface area contributed by atoms with Gasteiger partial charge in [-0.25, -0.2) is 15.0 Å². The molecule has 0 unspecified atom stereocenters.